The van der Waals surface area contributed by atoms with Crippen LogP contribution in [0.15, 0.2) is 41.9 Å². The summed E-state index contributed by atoms with van der Waals surface area (Å²) >= 11 is 1.74. The van der Waals surface area contributed by atoms with Crippen molar-refractivity contribution >= 4 is 17.6 Å². The Balaban J connectivity index is 1.55. The van der Waals surface area contributed by atoms with Crippen LogP contribution in [-0.2, 0) is 0 Å². The summed E-state index contributed by atoms with van der Waals surface area (Å²) in [6, 6.07) is 4.19. The Hall–Kier alpha value is -1.44. The van der Waals surface area contributed by atoms with Crippen molar-refractivity contribution in [1.82, 2.24) is 15.6 Å². The van der Waals surface area contributed by atoms with Gasteiger partial charge in [0.2, 0.25) is 0 Å². The Labute approximate surface area is 176 Å². The molecule has 29 heavy (non-hydrogen) atoms. The number of nitrogens with one attached hydrogen (secondary N) is 3. The highest BCUT2D eigenvalue weighted by Gasteiger charge is 2.38. The van der Waals surface area contributed by atoms with Crippen LogP contribution in [0.4, 0.5) is 14.6 Å². The number of thioether (sulfide) groups is 1. The summed E-state index contributed by atoms with van der Waals surface area (Å²) in [6.07, 6.45) is 9.81. The molecular formula is C22H30F2N4S. The monoisotopic (exact) mass is 420 g/mol. The smallest absolute Gasteiger partial charge is 0.126 e. The first-order valence-electron chi connectivity index (χ1n) is 10.7. The van der Waals surface area contributed by atoms with E-state index in [-0.39, 0.29) is 24.0 Å². The minimum Gasteiger partial charge on any atom is -0.367 e. The zero-order valence-electron chi connectivity index (χ0n) is 16.8. The van der Waals surface area contributed by atoms with Gasteiger partial charge in [-0.2, -0.15) is 0 Å². The molecule has 0 bridgehead atoms. The number of aromatic nitrogens is 1. The average Bonchev–Trinajstić information content (AvgIpc) is 3.13. The summed E-state index contributed by atoms with van der Waals surface area (Å²) in [6.45, 7) is 2.10. The van der Waals surface area contributed by atoms with Crippen molar-refractivity contribution in [2.24, 2.45) is 0 Å². The molecule has 0 amide bonds. The van der Waals surface area contributed by atoms with Gasteiger partial charge in [0.05, 0.1) is 12.1 Å². The van der Waals surface area contributed by atoms with Gasteiger partial charge in [0.25, 0.3) is 0 Å². The van der Waals surface area contributed by atoms with Gasteiger partial charge in [0.1, 0.15) is 23.3 Å². The molecule has 1 saturated heterocycles. The van der Waals surface area contributed by atoms with E-state index in [1.807, 2.05) is 12.3 Å². The molecule has 0 aromatic carbocycles. The van der Waals surface area contributed by atoms with Crippen LogP contribution >= 0.6 is 11.8 Å². The maximum Gasteiger partial charge on any atom is 0.126 e. The highest BCUT2D eigenvalue weighted by atomic mass is 32.2. The van der Waals surface area contributed by atoms with Crippen molar-refractivity contribution in [3.8, 4) is 0 Å². The molecule has 0 radical (unpaired) electrons. The van der Waals surface area contributed by atoms with Gasteiger partial charge in [-0.05, 0) is 42.4 Å². The molecule has 1 saturated carbocycles. The Morgan fingerprint density at radius 3 is 2.76 bits per heavy atom. The molecule has 3 aliphatic rings. The van der Waals surface area contributed by atoms with Crippen molar-refractivity contribution < 1.29 is 8.78 Å². The number of hydrogen-bond donors (Lipinski definition) is 3. The fraction of sp³-hybridized carbons (Fsp3) is 0.591. The zero-order valence-corrected chi connectivity index (χ0v) is 17.7. The standard InChI is InChI=1S/C22H30F2N4S/c1-2-29-22-27-20(21(28-22)17-9-8-15(23)13-18(17)24)14-10-11-25-19(12-14)26-16-6-4-3-5-7-16/h9-13,15-16,20-22,27-28H,2-8H2,1H3,(H,25,26)/t15-,20?,21?,22?/m0/s1. The third kappa shape index (κ3) is 5.01. The van der Waals surface area contributed by atoms with E-state index in [9.17, 15) is 8.78 Å². The second-order valence-corrected chi connectivity index (χ2v) is 9.39. The summed E-state index contributed by atoms with van der Waals surface area (Å²) in [5.74, 6) is 1.36. The van der Waals surface area contributed by atoms with Crippen LogP contribution in [0.25, 0.3) is 0 Å². The molecule has 4 nitrogen and oxygen atoms in total. The number of halogens is 2. The maximum atomic E-state index is 14.6. The normalized spacial score (nSPS) is 30.7. The van der Waals surface area contributed by atoms with Crippen molar-refractivity contribution in [2.45, 2.75) is 75.2 Å². The number of pyridine rings is 1. The Kier molecular flexibility index (Phi) is 6.88. The fourth-order valence-electron chi connectivity index (χ4n) is 4.50. The van der Waals surface area contributed by atoms with Crippen molar-refractivity contribution in [1.29, 1.82) is 0 Å². The average molecular weight is 421 g/mol. The molecule has 4 rings (SSSR count). The van der Waals surface area contributed by atoms with E-state index in [4.69, 9.17) is 0 Å². The van der Waals surface area contributed by atoms with Gasteiger partial charge in [-0.25, -0.2) is 13.8 Å². The number of hydrogen-bond acceptors (Lipinski definition) is 5. The third-order valence-electron chi connectivity index (χ3n) is 5.93. The van der Waals surface area contributed by atoms with Crippen LogP contribution in [0.2, 0.25) is 0 Å². The van der Waals surface area contributed by atoms with Gasteiger partial charge in [-0.1, -0.05) is 32.3 Å². The molecule has 0 spiro atoms. The van der Waals surface area contributed by atoms with E-state index in [0.29, 0.717) is 11.6 Å². The lowest BCUT2D eigenvalue weighted by molar-refractivity contribution is 0.386. The molecule has 4 atom stereocenters. The molecule has 158 valence electrons. The summed E-state index contributed by atoms with van der Waals surface area (Å²) in [5.41, 5.74) is 1.63. The molecule has 2 fully saturated rings. The highest BCUT2D eigenvalue weighted by molar-refractivity contribution is 7.99. The first-order valence-corrected chi connectivity index (χ1v) is 11.8. The van der Waals surface area contributed by atoms with E-state index < -0.39 is 12.0 Å². The molecule has 1 aromatic heterocycles. The summed E-state index contributed by atoms with van der Waals surface area (Å²) < 4.78 is 28.2. The second-order valence-electron chi connectivity index (χ2n) is 8.00. The third-order valence-corrected chi connectivity index (χ3v) is 6.87. The molecule has 2 heterocycles. The Morgan fingerprint density at radius 2 is 2.00 bits per heavy atom. The topological polar surface area (TPSA) is 49.0 Å². The maximum absolute atomic E-state index is 14.6. The first kappa shape index (κ1) is 20.8. The largest absolute Gasteiger partial charge is 0.367 e. The second kappa shape index (κ2) is 9.58. The van der Waals surface area contributed by atoms with Crippen LogP contribution in [0, 0.1) is 0 Å². The molecule has 3 N–H and O–H groups in total. The molecular weight excluding hydrogens is 390 g/mol. The van der Waals surface area contributed by atoms with E-state index >= 15 is 0 Å². The number of rotatable bonds is 6. The van der Waals surface area contributed by atoms with Gasteiger partial charge in [-0.15, -0.1) is 11.8 Å². The molecule has 1 aliphatic heterocycles. The predicted molar refractivity (Wildman–Crippen MR) is 116 cm³/mol. The van der Waals surface area contributed by atoms with Gasteiger partial charge in [0.15, 0.2) is 0 Å². The van der Waals surface area contributed by atoms with Crippen LogP contribution in [0.3, 0.4) is 0 Å². The highest BCUT2D eigenvalue weighted by Crippen LogP contribution is 2.36. The van der Waals surface area contributed by atoms with Gasteiger partial charge >= 0.3 is 0 Å². The van der Waals surface area contributed by atoms with Crippen LogP contribution in [-0.4, -0.2) is 34.5 Å². The number of allylic oxidation sites excluding steroid dienone is 2. The molecule has 2 aliphatic carbocycles. The summed E-state index contributed by atoms with van der Waals surface area (Å²) in [4.78, 5) is 4.51. The van der Waals surface area contributed by atoms with E-state index in [1.54, 1.807) is 17.8 Å². The first-order chi connectivity index (χ1) is 14.1. The van der Waals surface area contributed by atoms with Gasteiger partial charge < -0.3 is 5.32 Å². The fourth-order valence-corrected chi connectivity index (χ4v) is 5.32. The SMILES string of the molecule is CCSC1NC(C2=CC[C@H](F)C=C2F)C(c2ccnc(NC3CCCCC3)c2)N1. The number of alkyl halides is 1. The quantitative estimate of drug-likeness (QED) is 0.605. The van der Waals surface area contributed by atoms with Crippen LogP contribution in [0.1, 0.15) is 57.1 Å². The van der Waals surface area contributed by atoms with Gasteiger partial charge in [-0.3, -0.25) is 10.6 Å². The molecule has 3 unspecified atom stereocenters. The van der Waals surface area contributed by atoms with E-state index in [2.05, 4.69) is 33.9 Å². The zero-order chi connectivity index (χ0) is 20.2. The Bertz CT molecular complexity index is 763. The lowest BCUT2D eigenvalue weighted by atomic mass is 9.90. The van der Waals surface area contributed by atoms with E-state index in [1.165, 1.54) is 32.1 Å². The van der Waals surface area contributed by atoms with Crippen LogP contribution in [0.5, 0.6) is 0 Å². The van der Waals surface area contributed by atoms with Crippen molar-refractivity contribution in [3.05, 3.63) is 47.4 Å². The predicted octanol–water partition coefficient (Wildman–Crippen LogP) is 4.99. The summed E-state index contributed by atoms with van der Waals surface area (Å²) in [7, 11) is 0. The summed E-state index contributed by atoms with van der Waals surface area (Å²) in [5, 5.41) is 10.7. The molecule has 7 heteroatoms. The molecule has 1 aromatic rings. The minimum absolute atomic E-state index is 0.0229. The number of anilines is 1. The Morgan fingerprint density at radius 1 is 1.21 bits per heavy atom. The lowest BCUT2D eigenvalue weighted by Gasteiger charge is -2.26. The van der Waals surface area contributed by atoms with Crippen molar-refractivity contribution in [2.75, 3.05) is 11.1 Å². The van der Waals surface area contributed by atoms with E-state index in [0.717, 1.165) is 23.2 Å². The lowest BCUT2D eigenvalue weighted by Crippen LogP contribution is -2.33. The minimum atomic E-state index is -1.24. The van der Waals surface area contributed by atoms with Crippen molar-refractivity contribution in [3.63, 3.8) is 0 Å². The number of nitrogens with zero attached hydrogens (tertiary/aromatic N) is 1. The van der Waals surface area contributed by atoms with Gasteiger partial charge in [0, 0.05) is 24.2 Å². The van der Waals surface area contributed by atoms with Crippen LogP contribution < -0.4 is 16.0 Å².